The summed E-state index contributed by atoms with van der Waals surface area (Å²) in [6, 6.07) is 7.59. The summed E-state index contributed by atoms with van der Waals surface area (Å²) >= 11 is 0. The maximum absolute atomic E-state index is 12.9. The number of ether oxygens (including phenoxy) is 2. The number of methoxy groups -OCH3 is 2. The summed E-state index contributed by atoms with van der Waals surface area (Å²) in [5.74, 6) is 1.19. The first-order valence-electron chi connectivity index (χ1n) is 8.47. The van der Waals surface area contributed by atoms with Gasteiger partial charge in [0.05, 0.1) is 18.5 Å². The SMILES string of the molecule is COc1ccc(/C=N/S(=O)[C@@H]2[C@H]3CC[C@@](C)([C@@H]2OC)C3(C)C)cc1. The van der Waals surface area contributed by atoms with Gasteiger partial charge >= 0.3 is 0 Å². The fourth-order valence-electron chi connectivity index (χ4n) is 4.73. The van der Waals surface area contributed by atoms with Gasteiger partial charge in [0.1, 0.15) is 16.7 Å². The molecular formula is C19H27NO3S. The molecule has 4 nitrogen and oxygen atoms in total. The maximum atomic E-state index is 12.9. The van der Waals surface area contributed by atoms with Gasteiger partial charge in [0.25, 0.3) is 0 Å². The lowest BCUT2D eigenvalue weighted by Crippen LogP contribution is -2.42. The molecule has 0 saturated heterocycles. The number of hydrogen-bond acceptors (Lipinski definition) is 3. The van der Waals surface area contributed by atoms with E-state index in [1.54, 1.807) is 20.4 Å². The highest BCUT2D eigenvalue weighted by Gasteiger charge is 2.68. The molecule has 0 amide bonds. The molecule has 0 N–H and O–H groups in total. The Morgan fingerprint density at radius 1 is 1.21 bits per heavy atom. The van der Waals surface area contributed by atoms with Gasteiger partial charge < -0.3 is 9.47 Å². The Labute approximate surface area is 147 Å². The summed E-state index contributed by atoms with van der Waals surface area (Å²) in [4.78, 5) is 0. The van der Waals surface area contributed by atoms with E-state index in [0.717, 1.165) is 24.2 Å². The largest absolute Gasteiger partial charge is 0.497 e. The van der Waals surface area contributed by atoms with Gasteiger partial charge in [-0.3, -0.25) is 0 Å². The first-order chi connectivity index (χ1) is 11.3. The van der Waals surface area contributed by atoms with Crippen molar-refractivity contribution in [3.63, 3.8) is 0 Å². The van der Waals surface area contributed by atoms with Crippen molar-refractivity contribution in [1.29, 1.82) is 0 Å². The van der Waals surface area contributed by atoms with Crippen molar-refractivity contribution in [1.82, 2.24) is 0 Å². The highest BCUT2D eigenvalue weighted by Crippen LogP contribution is 2.67. The smallest absolute Gasteiger partial charge is 0.145 e. The van der Waals surface area contributed by atoms with Crippen molar-refractivity contribution in [3.05, 3.63) is 29.8 Å². The van der Waals surface area contributed by atoms with Crippen LogP contribution in [0.1, 0.15) is 39.2 Å². The molecule has 24 heavy (non-hydrogen) atoms. The highest BCUT2D eigenvalue weighted by atomic mass is 32.2. The quantitative estimate of drug-likeness (QED) is 0.763. The predicted molar refractivity (Wildman–Crippen MR) is 97.9 cm³/mol. The van der Waals surface area contributed by atoms with Crippen LogP contribution in [0.25, 0.3) is 0 Å². The minimum Gasteiger partial charge on any atom is -0.497 e. The van der Waals surface area contributed by atoms with Crippen LogP contribution in [-0.4, -0.2) is 36.0 Å². The second-order valence-corrected chi connectivity index (χ2v) is 9.00. The summed E-state index contributed by atoms with van der Waals surface area (Å²) in [7, 11) is 2.09. The number of hydrogen-bond donors (Lipinski definition) is 0. The van der Waals surface area contributed by atoms with Crippen molar-refractivity contribution in [2.24, 2.45) is 21.1 Å². The molecule has 5 atom stereocenters. The molecule has 2 bridgehead atoms. The predicted octanol–water partition coefficient (Wildman–Crippen LogP) is 3.62. The lowest BCUT2D eigenvalue weighted by atomic mass is 9.70. The molecule has 0 radical (unpaired) electrons. The van der Waals surface area contributed by atoms with Gasteiger partial charge in [-0.15, -0.1) is 0 Å². The molecule has 0 aromatic heterocycles. The molecule has 5 heteroatoms. The zero-order valence-corrected chi connectivity index (χ0v) is 15.9. The van der Waals surface area contributed by atoms with Crippen LogP contribution in [0.2, 0.25) is 0 Å². The van der Waals surface area contributed by atoms with Crippen LogP contribution < -0.4 is 4.74 Å². The van der Waals surface area contributed by atoms with Crippen LogP contribution >= 0.6 is 0 Å². The second-order valence-electron chi connectivity index (χ2n) is 7.69. The van der Waals surface area contributed by atoms with Gasteiger partial charge in [-0.25, -0.2) is 4.21 Å². The van der Waals surface area contributed by atoms with Gasteiger partial charge in [0.2, 0.25) is 0 Å². The van der Waals surface area contributed by atoms with E-state index < -0.39 is 11.0 Å². The summed E-state index contributed by atoms with van der Waals surface area (Å²) < 4.78 is 28.3. The van der Waals surface area contributed by atoms with E-state index >= 15 is 0 Å². The average Bonchev–Trinajstić information content (AvgIpc) is 2.91. The van der Waals surface area contributed by atoms with Crippen LogP contribution in [-0.2, 0) is 15.7 Å². The molecule has 2 fully saturated rings. The summed E-state index contributed by atoms with van der Waals surface area (Å²) in [5.41, 5.74) is 1.12. The van der Waals surface area contributed by atoms with Crippen LogP contribution in [0.4, 0.5) is 0 Å². The van der Waals surface area contributed by atoms with Crippen LogP contribution in [0.5, 0.6) is 5.75 Å². The first kappa shape index (κ1) is 17.6. The third-order valence-corrected chi connectivity index (χ3v) is 7.96. The van der Waals surface area contributed by atoms with Gasteiger partial charge in [-0.1, -0.05) is 20.8 Å². The van der Waals surface area contributed by atoms with Crippen LogP contribution in [0, 0.1) is 16.7 Å². The van der Waals surface area contributed by atoms with E-state index in [1.165, 1.54) is 0 Å². The Hall–Kier alpha value is -1.20. The van der Waals surface area contributed by atoms with E-state index in [1.807, 2.05) is 24.3 Å². The Bertz CT molecular complexity index is 655. The van der Waals surface area contributed by atoms with E-state index in [2.05, 4.69) is 25.2 Å². The lowest BCUT2D eigenvalue weighted by molar-refractivity contribution is -0.0181. The maximum Gasteiger partial charge on any atom is 0.145 e. The minimum absolute atomic E-state index is 0.0000933. The van der Waals surface area contributed by atoms with E-state index in [9.17, 15) is 4.21 Å². The molecule has 0 aliphatic heterocycles. The molecule has 1 aromatic carbocycles. The fraction of sp³-hybridized carbons (Fsp3) is 0.632. The topological polar surface area (TPSA) is 47.9 Å². The number of rotatable bonds is 5. The van der Waals surface area contributed by atoms with E-state index in [-0.39, 0.29) is 22.2 Å². The monoisotopic (exact) mass is 349 g/mol. The second kappa shape index (κ2) is 6.26. The molecule has 0 heterocycles. The highest BCUT2D eigenvalue weighted by molar-refractivity contribution is 7.84. The van der Waals surface area contributed by atoms with E-state index in [0.29, 0.717) is 5.92 Å². The molecule has 2 aliphatic rings. The zero-order valence-electron chi connectivity index (χ0n) is 15.1. The third-order valence-electron chi connectivity index (χ3n) is 6.60. The summed E-state index contributed by atoms with van der Waals surface area (Å²) in [5, 5.41) is -0.0294. The van der Waals surface area contributed by atoms with Crippen molar-refractivity contribution < 1.29 is 13.7 Å². The van der Waals surface area contributed by atoms with Crippen molar-refractivity contribution in [2.75, 3.05) is 14.2 Å². The average molecular weight is 349 g/mol. The van der Waals surface area contributed by atoms with Gasteiger partial charge in [0, 0.05) is 18.7 Å². The molecule has 1 aromatic rings. The Morgan fingerprint density at radius 3 is 2.46 bits per heavy atom. The molecule has 2 aliphatic carbocycles. The van der Waals surface area contributed by atoms with Gasteiger partial charge in [-0.2, -0.15) is 4.40 Å². The first-order valence-corrected chi connectivity index (χ1v) is 9.64. The third kappa shape index (κ3) is 2.53. The molecule has 2 saturated carbocycles. The van der Waals surface area contributed by atoms with Gasteiger partial charge in [-0.05, 0) is 54.0 Å². The molecular weight excluding hydrogens is 322 g/mol. The molecule has 0 spiro atoms. The van der Waals surface area contributed by atoms with Crippen molar-refractivity contribution in [3.8, 4) is 5.75 Å². The number of nitrogens with zero attached hydrogens (tertiary/aromatic N) is 1. The Kier molecular flexibility index (Phi) is 4.60. The van der Waals surface area contributed by atoms with Crippen molar-refractivity contribution >= 4 is 17.2 Å². The number of fused-ring (bicyclic) bond motifs is 2. The Balaban J connectivity index is 1.80. The normalized spacial score (nSPS) is 35.5. The van der Waals surface area contributed by atoms with Crippen LogP contribution in [0.3, 0.4) is 0 Å². The lowest BCUT2D eigenvalue weighted by Gasteiger charge is -2.38. The molecule has 3 rings (SSSR count). The standard InChI is InChI=1S/C19H27NO3S/c1-18(2)15-10-11-19(18,3)17(23-5)16(15)24(21)20-12-13-6-8-14(22-4)9-7-13/h6-9,12,15-17H,10-11H2,1-5H3/b20-12+/t15-,16-,17-,19+,24?/m1/s1. The van der Waals surface area contributed by atoms with E-state index in [4.69, 9.17) is 9.47 Å². The minimum atomic E-state index is -1.29. The van der Waals surface area contributed by atoms with Crippen LogP contribution in [0.15, 0.2) is 28.7 Å². The van der Waals surface area contributed by atoms with Crippen molar-refractivity contribution in [2.45, 2.75) is 45.0 Å². The zero-order chi connectivity index (χ0) is 17.5. The number of benzene rings is 1. The molecule has 1 unspecified atom stereocenters. The molecule has 132 valence electrons. The van der Waals surface area contributed by atoms with Gasteiger partial charge in [0.15, 0.2) is 0 Å². The Morgan fingerprint density at radius 2 is 1.88 bits per heavy atom. The summed E-state index contributed by atoms with van der Waals surface area (Å²) in [6.07, 6.45) is 3.95. The summed E-state index contributed by atoms with van der Waals surface area (Å²) in [6.45, 7) is 6.87. The fourth-order valence-corrected chi connectivity index (χ4v) is 6.48.